The number of amides is 2. The first-order valence-corrected chi connectivity index (χ1v) is 10.8. The normalized spacial score (nSPS) is 21.4. The van der Waals surface area contributed by atoms with Crippen molar-refractivity contribution in [3.05, 3.63) is 36.0 Å². The number of rotatable bonds is 4. The molecule has 5 heteroatoms. The molecule has 5 nitrogen and oxygen atoms in total. The summed E-state index contributed by atoms with van der Waals surface area (Å²) in [6.45, 7) is 1.31. The molecule has 1 unspecified atom stereocenters. The molecule has 1 aliphatic carbocycles. The molecule has 1 aromatic carbocycles. The van der Waals surface area contributed by atoms with Gasteiger partial charge in [0.15, 0.2) is 0 Å². The smallest absolute Gasteiger partial charge is 0.227 e. The summed E-state index contributed by atoms with van der Waals surface area (Å²) in [6, 6.07) is 8.39. The lowest BCUT2D eigenvalue weighted by atomic mass is 9.95. The molecule has 1 saturated carbocycles. The first kappa shape index (κ1) is 19.0. The van der Waals surface area contributed by atoms with Crippen molar-refractivity contribution in [1.29, 1.82) is 0 Å². The van der Waals surface area contributed by atoms with E-state index in [-0.39, 0.29) is 17.7 Å². The number of carbonyl (C=O) groups is 2. The van der Waals surface area contributed by atoms with Gasteiger partial charge < -0.3 is 15.2 Å². The minimum atomic E-state index is -0.0658. The molecule has 4 rings (SSSR count). The lowest BCUT2D eigenvalue weighted by Crippen LogP contribution is -2.47. The van der Waals surface area contributed by atoms with Crippen molar-refractivity contribution in [1.82, 2.24) is 15.2 Å². The summed E-state index contributed by atoms with van der Waals surface area (Å²) in [5, 5.41) is 4.38. The van der Waals surface area contributed by atoms with Crippen molar-refractivity contribution < 1.29 is 9.59 Å². The van der Waals surface area contributed by atoms with Crippen LogP contribution in [0, 0.1) is 5.92 Å². The summed E-state index contributed by atoms with van der Waals surface area (Å²) < 4.78 is 0. The van der Waals surface area contributed by atoms with Gasteiger partial charge in [-0.15, -0.1) is 0 Å². The highest BCUT2D eigenvalue weighted by molar-refractivity contribution is 5.89. The predicted octanol–water partition coefficient (Wildman–Crippen LogP) is 3.79. The first-order valence-electron chi connectivity index (χ1n) is 10.8. The molecule has 1 atom stereocenters. The maximum absolute atomic E-state index is 12.9. The third-order valence-electron chi connectivity index (χ3n) is 6.36. The molecule has 2 heterocycles. The van der Waals surface area contributed by atoms with E-state index in [0.717, 1.165) is 48.7 Å². The quantitative estimate of drug-likeness (QED) is 0.792. The molecule has 150 valence electrons. The van der Waals surface area contributed by atoms with Crippen molar-refractivity contribution in [2.24, 2.45) is 5.92 Å². The van der Waals surface area contributed by atoms with Crippen LogP contribution in [0.25, 0.3) is 10.9 Å². The van der Waals surface area contributed by atoms with Gasteiger partial charge in [0.25, 0.3) is 0 Å². The highest BCUT2D eigenvalue weighted by atomic mass is 16.2. The van der Waals surface area contributed by atoms with Crippen molar-refractivity contribution in [2.45, 2.75) is 63.8 Å². The number of nitrogens with one attached hydrogen (secondary N) is 2. The van der Waals surface area contributed by atoms with Crippen LogP contribution in [-0.4, -0.2) is 40.8 Å². The summed E-state index contributed by atoms with van der Waals surface area (Å²) >= 11 is 0. The number of hydrogen-bond acceptors (Lipinski definition) is 2. The monoisotopic (exact) mass is 381 g/mol. The van der Waals surface area contributed by atoms with Crippen LogP contribution in [0.5, 0.6) is 0 Å². The Morgan fingerprint density at radius 1 is 1.04 bits per heavy atom. The van der Waals surface area contributed by atoms with E-state index in [2.05, 4.69) is 10.3 Å². The fourth-order valence-corrected chi connectivity index (χ4v) is 4.71. The zero-order valence-corrected chi connectivity index (χ0v) is 16.6. The molecule has 0 spiro atoms. The van der Waals surface area contributed by atoms with Crippen LogP contribution in [0.2, 0.25) is 0 Å². The summed E-state index contributed by atoms with van der Waals surface area (Å²) in [6.07, 6.45) is 11.3. The third kappa shape index (κ3) is 4.40. The van der Waals surface area contributed by atoms with Crippen molar-refractivity contribution in [3.63, 3.8) is 0 Å². The summed E-state index contributed by atoms with van der Waals surface area (Å²) in [4.78, 5) is 30.8. The lowest BCUT2D eigenvalue weighted by Gasteiger charge is -2.33. The Balaban J connectivity index is 1.35. The van der Waals surface area contributed by atoms with E-state index < -0.39 is 0 Å². The van der Waals surface area contributed by atoms with E-state index in [1.807, 2.05) is 35.4 Å². The van der Waals surface area contributed by atoms with Crippen LogP contribution >= 0.6 is 0 Å². The molecule has 1 aromatic heterocycles. The topological polar surface area (TPSA) is 65.2 Å². The molecular formula is C23H31N3O2. The highest BCUT2D eigenvalue weighted by Gasteiger charge is 2.29. The van der Waals surface area contributed by atoms with E-state index in [1.165, 1.54) is 25.7 Å². The number of piperidine rings is 1. The number of aromatic amines is 1. The van der Waals surface area contributed by atoms with Gasteiger partial charge in [0.2, 0.25) is 11.8 Å². The van der Waals surface area contributed by atoms with Gasteiger partial charge in [-0.25, -0.2) is 0 Å². The van der Waals surface area contributed by atoms with Crippen LogP contribution in [0.15, 0.2) is 30.5 Å². The number of hydrogen-bond donors (Lipinski definition) is 2. The van der Waals surface area contributed by atoms with Gasteiger partial charge in [0, 0.05) is 36.2 Å². The van der Waals surface area contributed by atoms with E-state index in [1.54, 1.807) is 0 Å². The number of para-hydroxylation sites is 1. The molecule has 2 aromatic rings. The Hall–Kier alpha value is -2.30. The maximum Gasteiger partial charge on any atom is 0.227 e. The van der Waals surface area contributed by atoms with Gasteiger partial charge in [-0.3, -0.25) is 9.59 Å². The van der Waals surface area contributed by atoms with Crippen LogP contribution in [0.3, 0.4) is 0 Å². The van der Waals surface area contributed by atoms with Gasteiger partial charge in [-0.1, -0.05) is 43.9 Å². The van der Waals surface area contributed by atoms with Crippen molar-refractivity contribution in [2.75, 3.05) is 13.1 Å². The fourth-order valence-electron chi connectivity index (χ4n) is 4.71. The molecule has 0 bridgehead atoms. The average Bonchev–Trinajstić information content (AvgIpc) is 2.94. The summed E-state index contributed by atoms with van der Waals surface area (Å²) in [7, 11) is 0. The second-order valence-corrected chi connectivity index (χ2v) is 8.41. The SMILES string of the molecule is O=C(NC1CCCCCC1)C1CCCN(C(=O)Cc2c[nH]c3ccccc23)C1. The molecule has 0 radical (unpaired) electrons. The highest BCUT2D eigenvalue weighted by Crippen LogP contribution is 2.23. The Kier molecular flexibility index (Phi) is 5.98. The fraction of sp³-hybridized carbons (Fsp3) is 0.565. The maximum atomic E-state index is 12.9. The van der Waals surface area contributed by atoms with E-state index in [0.29, 0.717) is 19.0 Å². The average molecular weight is 382 g/mol. The molecule has 28 heavy (non-hydrogen) atoms. The van der Waals surface area contributed by atoms with Gasteiger partial charge >= 0.3 is 0 Å². The Labute approximate surface area is 166 Å². The Morgan fingerprint density at radius 2 is 1.82 bits per heavy atom. The van der Waals surface area contributed by atoms with Gasteiger partial charge in [-0.05, 0) is 37.3 Å². The standard InChI is InChI=1S/C23H31N3O2/c27-22(14-18-15-24-21-12-6-5-11-20(18)21)26-13-7-8-17(16-26)23(28)25-19-9-3-1-2-4-10-19/h5-6,11-12,15,17,19,24H,1-4,7-10,13-14,16H2,(H,25,28). The summed E-state index contributed by atoms with van der Waals surface area (Å²) in [5.41, 5.74) is 2.09. The second kappa shape index (κ2) is 8.80. The van der Waals surface area contributed by atoms with Crippen LogP contribution in [0.1, 0.15) is 56.9 Å². The number of fused-ring (bicyclic) bond motifs is 1. The number of benzene rings is 1. The molecule has 1 aliphatic heterocycles. The zero-order valence-electron chi connectivity index (χ0n) is 16.6. The van der Waals surface area contributed by atoms with Gasteiger partial charge in [0.1, 0.15) is 0 Å². The molecule has 2 aliphatic rings. The Morgan fingerprint density at radius 3 is 2.64 bits per heavy atom. The zero-order chi connectivity index (χ0) is 19.3. The molecular weight excluding hydrogens is 350 g/mol. The number of nitrogens with zero attached hydrogens (tertiary/aromatic N) is 1. The Bertz CT molecular complexity index is 820. The van der Waals surface area contributed by atoms with E-state index in [9.17, 15) is 9.59 Å². The van der Waals surface area contributed by atoms with E-state index in [4.69, 9.17) is 0 Å². The lowest BCUT2D eigenvalue weighted by molar-refractivity contribution is -0.135. The molecule has 2 fully saturated rings. The van der Waals surface area contributed by atoms with Gasteiger partial charge in [-0.2, -0.15) is 0 Å². The first-order chi connectivity index (χ1) is 13.7. The van der Waals surface area contributed by atoms with Crippen molar-refractivity contribution >= 4 is 22.7 Å². The predicted molar refractivity (Wildman–Crippen MR) is 111 cm³/mol. The number of likely N-dealkylation sites (tertiary alicyclic amines) is 1. The third-order valence-corrected chi connectivity index (χ3v) is 6.36. The number of aromatic nitrogens is 1. The van der Waals surface area contributed by atoms with Crippen LogP contribution in [-0.2, 0) is 16.0 Å². The van der Waals surface area contributed by atoms with E-state index >= 15 is 0 Å². The van der Waals surface area contributed by atoms with Crippen molar-refractivity contribution in [3.8, 4) is 0 Å². The van der Waals surface area contributed by atoms with Crippen LogP contribution in [0.4, 0.5) is 0 Å². The minimum absolute atomic E-state index is 0.0658. The molecule has 2 amide bonds. The molecule has 2 N–H and O–H groups in total. The second-order valence-electron chi connectivity index (χ2n) is 8.41. The van der Waals surface area contributed by atoms with Crippen LogP contribution < -0.4 is 5.32 Å². The minimum Gasteiger partial charge on any atom is -0.361 e. The summed E-state index contributed by atoms with van der Waals surface area (Å²) in [5.74, 6) is 0.206. The number of H-pyrrole nitrogens is 1. The van der Waals surface area contributed by atoms with Gasteiger partial charge in [0.05, 0.1) is 12.3 Å². The number of carbonyl (C=O) groups excluding carboxylic acids is 2. The largest absolute Gasteiger partial charge is 0.361 e. The molecule has 1 saturated heterocycles.